The summed E-state index contributed by atoms with van der Waals surface area (Å²) >= 11 is 5.91. The van der Waals surface area contributed by atoms with E-state index in [-0.39, 0.29) is 11.8 Å². The molecule has 4 heteroatoms. The van der Waals surface area contributed by atoms with Crippen molar-refractivity contribution in [1.82, 2.24) is 5.32 Å². The number of nitriles is 1. The molecule has 102 valence electrons. The van der Waals surface area contributed by atoms with Crippen LogP contribution >= 0.6 is 11.6 Å². The number of halogens is 1. The predicted octanol–water partition coefficient (Wildman–Crippen LogP) is 3.64. The van der Waals surface area contributed by atoms with Gasteiger partial charge in [-0.15, -0.1) is 0 Å². The Labute approximate surface area is 123 Å². The molecule has 2 N–H and O–H groups in total. The SMILES string of the molecule is N#CCCNC(c1ccc(O)cc1)c1ccc(Cl)cc1. The number of phenolic OH excluding ortho intramolecular Hbond substituents is 1. The molecule has 0 saturated carbocycles. The zero-order valence-corrected chi connectivity index (χ0v) is 11.6. The van der Waals surface area contributed by atoms with Gasteiger partial charge in [0.15, 0.2) is 0 Å². The minimum absolute atomic E-state index is 0.0267. The molecule has 0 bridgehead atoms. The first-order valence-electron chi connectivity index (χ1n) is 6.35. The second-order valence-corrected chi connectivity index (χ2v) is 4.87. The summed E-state index contributed by atoms with van der Waals surface area (Å²) in [5.41, 5.74) is 2.10. The van der Waals surface area contributed by atoms with Gasteiger partial charge in [-0.25, -0.2) is 0 Å². The van der Waals surface area contributed by atoms with Crippen LogP contribution in [0.2, 0.25) is 5.02 Å². The molecule has 2 aromatic carbocycles. The van der Waals surface area contributed by atoms with Crippen LogP contribution in [0.3, 0.4) is 0 Å². The molecular weight excluding hydrogens is 272 g/mol. The Morgan fingerprint density at radius 2 is 1.60 bits per heavy atom. The number of hydrogen-bond donors (Lipinski definition) is 2. The summed E-state index contributed by atoms with van der Waals surface area (Å²) in [6, 6.07) is 16.7. The summed E-state index contributed by atoms with van der Waals surface area (Å²) in [4.78, 5) is 0. The quantitative estimate of drug-likeness (QED) is 0.825. The molecular formula is C16H15ClN2O. The van der Waals surface area contributed by atoms with Crippen LogP contribution in [0.15, 0.2) is 48.5 Å². The number of phenols is 1. The fraction of sp³-hybridized carbons (Fsp3) is 0.188. The summed E-state index contributed by atoms with van der Waals surface area (Å²) in [5.74, 6) is 0.237. The zero-order valence-electron chi connectivity index (χ0n) is 10.9. The first kappa shape index (κ1) is 14.4. The van der Waals surface area contributed by atoms with E-state index < -0.39 is 0 Å². The van der Waals surface area contributed by atoms with Gasteiger partial charge in [0.25, 0.3) is 0 Å². The second-order valence-electron chi connectivity index (χ2n) is 4.44. The first-order chi connectivity index (χ1) is 9.70. The lowest BCUT2D eigenvalue weighted by molar-refractivity contribution is 0.474. The van der Waals surface area contributed by atoms with Gasteiger partial charge in [0.2, 0.25) is 0 Å². The lowest BCUT2D eigenvalue weighted by Gasteiger charge is -2.19. The van der Waals surface area contributed by atoms with Crippen molar-refractivity contribution < 1.29 is 5.11 Å². The number of aromatic hydroxyl groups is 1. The molecule has 0 fully saturated rings. The van der Waals surface area contributed by atoms with Gasteiger partial charge >= 0.3 is 0 Å². The van der Waals surface area contributed by atoms with Gasteiger partial charge in [0.1, 0.15) is 5.75 Å². The summed E-state index contributed by atoms with van der Waals surface area (Å²) in [7, 11) is 0. The number of rotatable bonds is 5. The van der Waals surface area contributed by atoms with Crippen LogP contribution in [0, 0.1) is 11.3 Å². The third kappa shape index (κ3) is 3.74. The molecule has 0 aliphatic rings. The number of benzene rings is 2. The van der Waals surface area contributed by atoms with Crippen LogP contribution in [-0.4, -0.2) is 11.7 Å². The monoisotopic (exact) mass is 286 g/mol. The van der Waals surface area contributed by atoms with Crippen molar-refractivity contribution in [2.75, 3.05) is 6.54 Å². The Morgan fingerprint density at radius 3 is 2.15 bits per heavy atom. The molecule has 1 unspecified atom stereocenters. The van der Waals surface area contributed by atoms with E-state index in [1.165, 1.54) is 0 Å². The first-order valence-corrected chi connectivity index (χ1v) is 6.73. The Bertz CT molecular complexity index is 542. The van der Waals surface area contributed by atoms with E-state index in [2.05, 4.69) is 11.4 Å². The number of nitrogens with one attached hydrogen (secondary N) is 1. The summed E-state index contributed by atoms with van der Waals surface area (Å²) in [6.45, 7) is 0.602. The Hall–Kier alpha value is -2.02. The van der Waals surface area contributed by atoms with Crippen LogP contribution in [0.25, 0.3) is 0 Å². The molecule has 3 nitrogen and oxygen atoms in total. The van der Waals surface area contributed by atoms with E-state index in [0.29, 0.717) is 18.0 Å². The van der Waals surface area contributed by atoms with Crippen molar-refractivity contribution >= 4 is 11.6 Å². The zero-order chi connectivity index (χ0) is 14.4. The molecule has 0 radical (unpaired) electrons. The van der Waals surface area contributed by atoms with Crippen LogP contribution < -0.4 is 5.32 Å². The van der Waals surface area contributed by atoms with E-state index in [1.807, 2.05) is 36.4 Å². The lowest BCUT2D eigenvalue weighted by Crippen LogP contribution is -2.23. The Kier molecular flexibility index (Phi) is 5.00. The molecule has 20 heavy (non-hydrogen) atoms. The van der Waals surface area contributed by atoms with E-state index in [0.717, 1.165) is 11.1 Å². The number of nitrogens with zero attached hydrogens (tertiary/aromatic N) is 1. The second kappa shape index (κ2) is 6.95. The Balaban J connectivity index is 2.26. The van der Waals surface area contributed by atoms with Crippen LogP contribution in [0.4, 0.5) is 0 Å². The molecule has 2 rings (SSSR count). The molecule has 0 heterocycles. The molecule has 0 aromatic heterocycles. The standard InChI is InChI=1S/C16H15ClN2O/c17-14-6-2-12(3-7-14)16(19-11-1-10-18)13-4-8-15(20)9-5-13/h2-9,16,19-20H,1,11H2. The summed E-state index contributed by atoms with van der Waals surface area (Å²) < 4.78 is 0. The molecule has 0 spiro atoms. The van der Waals surface area contributed by atoms with Gasteiger partial charge in [-0.2, -0.15) is 5.26 Å². The van der Waals surface area contributed by atoms with Gasteiger partial charge in [0, 0.05) is 18.0 Å². The minimum Gasteiger partial charge on any atom is -0.508 e. The molecule has 0 aliphatic carbocycles. The predicted molar refractivity (Wildman–Crippen MR) is 79.6 cm³/mol. The normalized spacial score (nSPS) is 11.8. The van der Waals surface area contributed by atoms with Gasteiger partial charge in [0.05, 0.1) is 12.1 Å². The van der Waals surface area contributed by atoms with Gasteiger partial charge in [-0.1, -0.05) is 35.9 Å². The molecule has 1 atom stereocenters. The summed E-state index contributed by atoms with van der Waals surface area (Å²) in [5, 5.41) is 22.1. The van der Waals surface area contributed by atoms with Gasteiger partial charge < -0.3 is 10.4 Å². The topological polar surface area (TPSA) is 56.0 Å². The third-order valence-corrected chi connectivity index (χ3v) is 3.27. The summed E-state index contributed by atoms with van der Waals surface area (Å²) in [6.07, 6.45) is 0.447. The van der Waals surface area contributed by atoms with E-state index in [4.69, 9.17) is 16.9 Å². The molecule has 0 aliphatic heterocycles. The highest BCUT2D eigenvalue weighted by Crippen LogP contribution is 2.25. The van der Waals surface area contributed by atoms with Crippen LogP contribution in [-0.2, 0) is 0 Å². The van der Waals surface area contributed by atoms with Crippen molar-refractivity contribution in [3.05, 3.63) is 64.7 Å². The van der Waals surface area contributed by atoms with Crippen molar-refractivity contribution in [2.45, 2.75) is 12.5 Å². The maximum Gasteiger partial charge on any atom is 0.115 e. The van der Waals surface area contributed by atoms with Crippen molar-refractivity contribution in [1.29, 1.82) is 5.26 Å². The molecule has 0 saturated heterocycles. The number of hydrogen-bond acceptors (Lipinski definition) is 3. The molecule has 2 aromatic rings. The Morgan fingerprint density at radius 1 is 1.05 bits per heavy atom. The average Bonchev–Trinajstić information content (AvgIpc) is 2.46. The smallest absolute Gasteiger partial charge is 0.115 e. The van der Waals surface area contributed by atoms with Crippen LogP contribution in [0.5, 0.6) is 5.75 Å². The van der Waals surface area contributed by atoms with Crippen molar-refractivity contribution in [3.8, 4) is 11.8 Å². The van der Waals surface area contributed by atoms with E-state index >= 15 is 0 Å². The van der Waals surface area contributed by atoms with Gasteiger partial charge in [-0.05, 0) is 35.4 Å². The van der Waals surface area contributed by atoms with Crippen LogP contribution in [0.1, 0.15) is 23.6 Å². The lowest BCUT2D eigenvalue weighted by atomic mass is 9.98. The third-order valence-electron chi connectivity index (χ3n) is 3.02. The van der Waals surface area contributed by atoms with Crippen molar-refractivity contribution in [3.63, 3.8) is 0 Å². The fourth-order valence-electron chi connectivity index (χ4n) is 2.02. The highest BCUT2D eigenvalue weighted by Gasteiger charge is 2.13. The maximum atomic E-state index is 9.38. The average molecular weight is 287 g/mol. The highest BCUT2D eigenvalue weighted by atomic mass is 35.5. The van der Waals surface area contributed by atoms with Crippen molar-refractivity contribution in [2.24, 2.45) is 0 Å². The fourth-order valence-corrected chi connectivity index (χ4v) is 2.15. The molecule has 0 amide bonds. The maximum absolute atomic E-state index is 9.38. The van der Waals surface area contributed by atoms with Gasteiger partial charge in [-0.3, -0.25) is 0 Å². The van der Waals surface area contributed by atoms with E-state index in [1.54, 1.807) is 12.1 Å². The largest absolute Gasteiger partial charge is 0.508 e. The minimum atomic E-state index is -0.0267. The van der Waals surface area contributed by atoms with E-state index in [9.17, 15) is 5.11 Å². The highest BCUT2D eigenvalue weighted by molar-refractivity contribution is 6.30.